The van der Waals surface area contributed by atoms with E-state index in [1.807, 2.05) is 24.3 Å². The van der Waals surface area contributed by atoms with Crippen molar-refractivity contribution in [1.29, 1.82) is 0 Å². The first-order valence-corrected chi connectivity index (χ1v) is 16.2. The smallest absolute Gasteiger partial charge is 0.119 e. The molecule has 0 bridgehead atoms. The highest BCUT2D eigenvalue weighted by Gasteiger charge is 2.25. The normalized spacial score (nSPS) is 13.9. The van der Waals surface area contributed by atoms with Gasteiger partial charge in [-0.2, -0.15) is 0 Å². The molecule has 0 atom stereocenters. The molecule has 4 aromatic carbocycles. The van der Waals surface area contributed by atoms with Gasteiger partial charge in [0.15, 0.2) is 0 Å². The number of aryl methyl sites for hydroxylation is 2. The molecule has 0 radical (unpaired) electrons. The maximum Gasteiger partial charge on any atom is 0.119 e. The van der Waals surface area contributed by atoms with Gasteiger partial charge in [-0.3, -0.25) is 0 Å². The number of hydrogen-bond acceptors (Lipinski definition) is 5. The molecule has 0 aliphatic carbocycles. The van der Waals surface area contributed by atoms with Gasteiger partial charge in [0, 0.05) is 29.0 Å². The number of halogens is 1. The van der Waals surface area contributed by atoms with Crippen LogP contribution in [-0.4, -0.2) is 13.2 Å². The summed E-state index contributed by atoms with van der Waals surface area (Å²) in [4.78, 5) is 8.20. The zero-order chi connectivity index (χ0) is 27.9. The molecule has 0 amide bonds. The quantitative estimate of drug-likeness (QED) is 0.125. The standard InChI is InChI=1S/C34H30BrNOS3/c1-24-13-14-25(2)33(21-24)38-26(3)22-30(39-29-9-5-4-6-10-29)23-34-36(31-11-7-8-12-32(31)40-34)19-20-37-28-17-15-27(35)16-18-28/h4-18,21-23H,3,19-20H2,1-2H3/b30-22-,34-23-. The lowest BCUT2D eigenvalue weighted by Gasteiger charge is -2.21. The Morgan fingerprint density at radius 3 is 2.48 bits per heavy atom. The number of fused-ring (bicyclic) bond motifs is 1. The molecule has 5 rings (SSSR count). The molecule has 40 heavy (non-hydrogen) atoms. The van der Waals surface area contributed by atoms with E-state index in [4.69, 9.17) is 4.74 Å². The molecule has 1 heterocycles. The van der Waals surface area contributed by atoms with Crippen LogP contribution in [0.25, 0.3) is 0 Å². The predicted molar refractivity (Wildman–Crippen MR) is 179 cm³/mol. The molecule has 0 unspecified atom stereocenters. The summed E-state index contributed by atoms with van der Waals surface area (Å²) >= 11 is 8.78. The highest BCUT2D eigenvalue weighted by Crippen LogP contribution is 2.47. The molecule has 6 heteroatoms. The van der Waals surface area contributed by atoms with Crippen molar-refractivity contribution in [3.05, 3.63) is 146 Å². The van der Waals surface area contributed by atoms with Crippen LogP contribution in [-0.2, 0) is 0 Å². The fourth-order valence-electron chi connectivity index (χ4n) is 4.17. The van der Waals surface area contributed by atoms with E-state index >= 15 is 0 Å². The van der Waals surface area contributed by atoms with Crippen LogP contribution in [0, 0.1) is 13.8 Å². The van der Waals surface area contributed by atoms with E-state index < -0.39 is 0 Å². The number of benzene rings is 4. The van der Waals surface area contributed by atoms with Crippen LogP contribution in [0.1, 0.15) is 11.1 Å². The Labute approximate surface area is 258 Å². The summed E-state index contributed by atoms with van der Waals surface area (Å²) in [6.45, 7) is 10.0. The molecule has 0 spiro atoms. The number of nitrogens with zero attached hydrogens (tertiary/aromatic N) is 1. The molecule has 2 nitrogen and oxygen atoms in total. The van der Waals surface area contributed by atoms with E-state index in [2.05, 4.69) is 126 Å². The predicted octanol–water partition coefficient (Wildman–Crippen LogP) is 10.9. The number of hydrogen-bond donors (Lipinski definition) is 0. The monoisotopic (exact) mass is 643 g/mol. The number of ether oxygens (including phenoxy) is 1. The first kappa shape index (κ1) is 28.7. The molecule has 4 aromatic rings. The zero-order valence-corrected chi connectivity index (χ0v) is 26.5. The van der Waals surface area contributed by atoms with E-state index in [1.165, 1.54) is 36.5 Å². The van der Waals surface area contributed by atoms with Crippen molar-refractivity contribution in [3.8, 4) is 5.75 Å². The zero-order valence-electron chi connectivity index (χ0n) is 22.5. The summed E-state index contributed by atoms with van der Waals surface area (Å²) in [5.74, 6) is 0.869. The van der Waals surface area contributed by atoms with Crippen molar-refractivity contribution in [2.75, 3.05) is 18.1 Å². The number of allylic oxidation sites excluding steroid dienone is 2. The first-order chi connectivity index (χ1) is 19.4. The molecule has 0 aromatic heterocycles. The molecular weight excluding hydrogens is 614 g/mol. The molecule has 0 saturated carbocycles. The molecule has 1 aliphatic rings. The molecule has 202 valence electrons. The summed E-state index contributed by atoms with van der Waals surface area (Å²) in [6.07, 6.45) is 4.49. The fraction of sp³-hybridized carbons (Fsp3) is 0.118. The molecular formula is C34H30BrNOS3. The summed E-state index contributed by atoms with van der Waals surface area (Å²) < 4.78 is 7.15. The van der Waals surface area contributed by atoms with Gasteiger partial charge in [-0.15, -0.1) is 0 Å². The Morgan fingerprint density at radius 2 is 1.68 bits per heavy atom. The van der Waals surface area contributed by atoms with Crippen LogP contribution in [0.5, 0.6) is 5.75 Å². The number of thioether (sulfide) groups is 3. The van der Waals surface area contributed by atoms with Gasteiger partial charge in [-0.1, -0.05) is 100 Å². The number of anilines is 1. The van der Waals surface area contributed by atoms with Gasteiger partial charge in [-0.25, -0.2) is 0 Å². The fourth-order valence-corrected chi connectivity index (χ4v) is 7.60. The molecule has 0 fully saturated rings. The maximum atomic E-state index is 6.10. The molecule has 0 N–H and O–H groups in total. The van der Waals surface area contributed by atoms with Gasteiger partial charge >= 0.3 is 0 Å². The van der Waals surface area contributed by atoms with Gasteiger partial charge in [0.25, 0.3) is 0 Å². The average Bonchev–Trinajstić information content (AvgIpc) is 3.29. The second kappa shape index (κ2) is 13.7. The van der Waals surface area contributed by atoms with Gasteiger partial charge in [-0.05, 0) is 91.7 Å². The lowest BCUT2D eigenvalue weighted by molar-refractivity contribution is 0.327. The van der Waals surface area contributed by atoms with Crippen molar-refractivity contribution >= 4 is 56.9 Å². The van der Waals surface area contributed by atoms with Crippen LogP contribution in [0.15, 0.2) is 150 Å². The van der Waals surface area contributed by atoms with Crippen LogP contribution >= 0.6 is 51.2 Å². The number of rotatable bonds is 10. The van der Waals surface area contributed by atoms with Gasteiger partial charge in [0.2, 0.25) is 0 Å². The lowest BCUT2D eigenvalue weighted by atomic mass is 10.2. The van der Waals surface area contributed by atoms with Crippen molar-refractivity contribution in [2.45, 2.75) is 28.5 Å². The summed E-state index contributed by atoms with van der Waals surface area (Å²) in [5, 5.41) is 1.18. The topological polar surface area (TPSA) is 12.5 Å². The van der Waals surface area contributed by atoms with E-state index in [9.17, 15) is 0 Å². The summed E-state index contributed by atoms with van der Waals surface area (Å²) in [6, 6.07) is 33.6. The van der Waals surface area contributed by atoms with Gasteiger partial charge < -0.3 is 9.64 Å². The Morgan fingerprint density at radius 1 is 0.925 bits per heavy atom. The minimum absolute atomic E-state index is 0.577. The molecule has 1 aliphatic heterocycles. The minimum Gasteiger partial charge on any atom is -0.492 e. The van der Waals surface area contributed by atoms with Gasteiger partial charge in [0.05, 0.1) is 17.3 Å². The van der Waals surface area contributed by atoms with Crippen LogP contribution < -0.4 is 9.64 Å². The highest BCUT2D eigenvalue weighted by molar-refractivity contribution is 9.10. The van der Waals surface area contributed by atoms with Crippen LogP contribution in [0.2, 0.25) is 0 Å². The van der Waals surface area contributed by atoms with E-state index in [0.29, 0.717) is 6.61 Å². The SMILES string of the molecule is C=C(/C=C(/C=C1\Sc2ccccc2N1CCOc1ccc(Br)cc1)Sc1ccccc1)Sc1cc(C)ccc1C. The Hall–Kier alpha value is -2.77. The van der Waals surface area contributed by atoms with E-state index in [-0.39, 0.29) is 0 Å². The lowest BCUT2D eigenvalue weighted by Crippen LogP contribution is -2.24. The van der Waals surface area contributed by atoms with Gasteiger partial charge in [0.1, 0.15) is 12.4 Å². The Bertz CT molecular complexity index is 1550. The van der Waals surface area contributed by atoms with E-state index in [1.54, 1.807) is 35.3 Å². The average molecular weight is 645 g/mol. The van der Waals surface area contributed by atoms with Crippen molar-refractivity contribution < 1.29 is 4.74 Å². The summed E-state index contributed by atoms with van der Waals surface area (Å²) in [7, 11) is 0. The van der Waals surface area contributed by atoms with Crippen molar-refractivity contribution in [2.24, 2.45) is 0 Å². The third-order valence-electron chi connectivity index (χ3n) is 6.17. The van der Waals surface area contributed by atoms with Crippen molar-refractivity contribution in [1.82, 2.24) is 0 Å². The first-order valence-electron chi connectivity index (χ1n) is 13.0. The molecule has 0 saturated heterocycles. The second-order valence-corrected chi connectivity index (χ2v) is 13.6. The number of para-hydroxylation sites is 1. The largest absolute Gasteiger partial charge is 0.492 e. The third-order valence-corrected chi connectivity index (χ3v) is 9.83. The van der Waals surface area contributed by atoms with E-state index in [0.717, 1.165) is 26.6 Å². The second-order valence-electron chi connectivity index (χ2n) is 9.31. The van der Waals surface area contributed by atoms with Crippen molar-refractivity contribution in [3.63, 3.8) is 0 Å². The Kier molecular flexibility index (Phi) is 9.87. The highest BCUT2D eigenvalue weighted by atomic mass is 79.9. The Balaban J connectivity index is 1.41. The minimum atomic E-state index is 0.577. The van der Waals surface area contributed by atoms with Crippen LogP contribution in [0.4, 0.5) is 5.69 Å². The van der Waals surface area contributed by atoms with Crippen LogP contribution in [0.3, 0.4) is 0 Å². The summed E-state index contributed by atoms with van der Waals surface area (Å²) in [5.41, 5.74) is 3.73. The maximum absolute atomic E-state index is 6.10. The third kappa shape index (κ3) is 7.70.